The quantitative estimate of drug-likeness (QED) is 0.535. The molecule has 0 aliphatic heterocycles. The first-order chi connectivity index (χ1) is 13.2. The fourth-order valence-corrected chi connectivity index (χ4v) is 2.60. The molecule has 0 aliphatic rings. The van der Waals surface area contributed by atoms with E-state index in [1.54, 1.807) is 23.5 Å². The molecule has 2 aromatic rings. The summed E-state index contributed by atoms with van der Waals surface area (Å²) >= 11 is 5.98. The first-order valence-electron chi connectivity index (χ1n) is 8.31. The normalized spacial score (nSPS) is 13.5. The van der Waals surface area contributed by atoms with Gasteiger partial charge in [-0.15, -0.1) is 0 Å². The number of hydrogen-bond donors (Lipinski definition) is 2. The van der Waals surface area contributed by atoms with Gasteiger partial charge in [0.2, 0.25) is 0 Å². The number of amides is 1. The molecule has 28 heavy (non-hydrogen) atoms. The number of carbonyl (C=O) groups excluding carboxylic acids is 2. The van der Waals surface area contributed by atoms with E-state index in [-0.39, 0.29) is 17.2 Å². The average Bonchev–Trinajstić information content (AvgIpc) is 2.66. The standard InChI is InChI=1S/C19H18ClF3N2O3/c1-2-28-17(27)18(19(21,22)23,24-12-14-10-6-7-11-15(14)20)25-16(26)13-8-4-3-5-9-13/h3-11,24H,2,12H2,1H3,(H,25,26)/t18-/m1/s1. The lowest BCUT2D eigenvalue weighted by atomic mass is 10.1. The molecule has 0 radical (unpaired) electrons. The van der Waals surface area contributed by atoms with E-state index in [1.807, 2.05) is 0 Å². The van der Waals surface area contributed by atoms with Crippen LogP contribution in [0.1, 0.15) is 22.8 Å². The van der Waals surface area contributed by atoms with E-state index >= 15 is 0 Å². The van der Waals surface area contributed by atoms with Crippen molar-refractivity contribution in [1.29, 1.82) is 0 Å². The van der Waals surface area contributed by atoms with Crippen LogP contribution in [0, 0.1) is 0 Å². The smallest absolute Gasteiger partial charge is 0.436 e. The van der Waals surface area contributed by atoms with Crippen LogP contribution < -0.4 is 10.6 Å². The fraction of sp³-hybridized carbons (Fsp3) is 0.263. The summed E-state index contributed by atoms with van der Waals surface area (Å²) in [7, 11) is 0. The minimum Gasteiger partial charge on any atom is -0.463 e. The molecule has 2 rings (SSSR count). The molecule has 0 unspecified atom stereocenters. The second kappa shape index (κ2) is 9.07. The summed E-state index contributed by atoms with van der Waals surface area (Å²) in [6, 6.07) is 13.5. The van der Waals surface area contributed by atoms with Crippen LogP contribution in [0.2, 0.25) is 5.02 Å². The van der Waals surface area contributed by atoms with E-state index in [0.29, 0.717) is 5.56 Å². The van der Waals surface area contributed by atoms with E-state index in [4.69, 9.17) is 11.6 Å². The summed E-state index contributed by atoms with van der Waals surface area (Å²) in [4.78, 5) is 24.7. The highest BCUT2D eigenvalue weighted by Crippen LogP contribution is 2.31. The van der Waals surface area contributed by atoms with Crippen LogP contribution in [0.25, 0.3) is 0 Å². The predicted octanol–water partition coefficient (Wildman–Crippen LogP) is 3.68. The van der Waals surface area contributed by atoms with Crippen LogP contribution in [0.5, 0.6) is 0 Å². The molecule has 5 nitrogen and oxygen atoms in total. The number of benzene rings is 2. The Morgan fingerprint density at radius 1 is 1.04 bits per heavy atom. The van der Waals surface area contributed by atoms with Crippen LogP contribution in [0.4, 0.5) is 13.2 Å². The Morgan fingerprint density at radius 3 is 2.21 bits per heavy atom. The second-order valence-corrected chi connectivity index (χ2v) is 6.14. The van der Waals surface area contributed by atoms with Gasteiger partial charge in [0.05, 0.1) is 6.61 Å². The summed E-state index contributed by atoms with van der Waals surface area (Å²) in [6.45, 7) is 0.630. The molecule has 0 saturated heterocycles. The van der Waals surface area contributed by atoms with Gasteiger partial charge >= 0.3 is 12.1 Å². The Hall–Kier alpha value is -2.58. The van der Waals surface area contributed by atoms with Gasteiger partial charge in [-0.2, -0.15) is 13.2 Å². The van der Waals surface area contributed by atoms with Crippen molar-refractivity contribution in [2.45, 2.75) is 25.3 Å². The van der Waals surface area contributed by atoms with Crippen molar-refractivity contribution in [3.05, 3.63) is 70.7 Å². The van der Waals surface area contributed by atoms with Crippen molar-refractivity contribution in [3.63, 3.8) is 0 Å². The van der Waals surface area contributed by atoms with Crippen LogP contribution in [0.15, 0.2) is 54.6 Å². The lowest BCUT2D eigenvalue weighted by Gasteiger charge is -2.35. The Labute approximate surface area is 164 Å². The first kappa shape index (κ1) is 21.7. The SMILES string of the molecule is CCOC(=O)[C@@](NCc1ccccc1Cl)(NC(=O)c1ccccc1)C(F)(F)F. The van der Waals surface area contributed by atoms with Gasteiger partial charge in [-0.1, -0.05) is 48.0 Å². The highest BCUT2D eigenvalue weighted by atomic mass is 35.5. The van der Waals surface area contributed by atoms with E-state index in [2.05, 4.69) is 10.1 Å². The van der Waals surface area contributed by atoms with Crippen LogP contribution in [-0.2, 0) is 16.1 Å². The molecule has 2 N–H and O–H groups in total. The molecule has 9 heteroatoms. The highest BCUT2D eigenvalue weighted by Gasteiger charge is 2.63. The molecule has 1 atom stereocenters. The zero-order chi connectivity index (χ0) is 20.8. The third kappa shape index (κ3) is 4.82. The third-order valence-electron chi connectivity index (χ3n) is 3.85. The minimum absolute atomic E-state index is 0.0417. The van der Waals surface area contributed by atoms with Crippen molar-refractivity contribution in [2.75, 3.05) is 6.61 Å². The molecule has 2 aromatic carbocycles. The summed E-state index contributed by atoms with van der Waals surface area (Å²) in [5.74, 6) is -2.75. The molecular weight excluding hydrogens is 397 g/mol. The first-order valence-corrected chi connectivity index (χ1v) is 8.69. The van der Waals surface area contributed by atoms with Gasteiger partial charge in [0.25, 0.3) is 11.6 Å². The Morgan fingerprint density at radius 2 is 1.64 bits per heavy atom. The molecular formula is C19H18ClF3N2O3. The van der Waals surface area contributed by atoms with Gasteiger partial charge < -0.3 is 10.1 Å². The largest absolute Gasteiger partial charge is 0.463 e. The van der Waals surface area contributed by atoms with Crippen molar-refractivity contribution >= 4 is 23.5 Å². The number of alkyl halides is 3. The highest BCUT2D eigenvalue weighted by molar-refractivity contribution is 6.31. The molecule has 1 amide bonds. The minimum atomic E-state index is -5.19. The maximum atomic E-state index is 14.0. The topological polar surface area (TPSA) is 67.4 Å². The summed E-state index contributed by atoms with van der Waals surface area (Å²) in [6.07, 6.45) is -5.19. The fourth-order valence-electron chi connectivity index (χ4n) is 2.40. The van der Waals surface area contributed by atoms with Crippen molar-refractivity contribution in [3.8, 4) is 0 Å². The van der Waals surface area contributed by atoms with E-state index < -0.39 is 30.3 Å². The lowest BCUT2D eigenvalue weighted by Crippen LogP contribution is -2.72. The van der Waals surface area contributed by atoms with Crippen molar-refractivity contribution < 1.29 is 27.5 Å². The van der Waals surface area contributed by atoms with E-state index in [1.165, 1.54) is 43.3 Å². The van der Waals surface area contributed by atoms with E-state index in [9.17, 15) is 22.8 Å². The summed E-state index contributed by atoms with van der Waals surface area (Å²) in [5.41, 5.74) is -3.18. The van der Waals surface area contributed by atoms with Crippen LogP contribution >= 0.6 is 11.6 Å². The molecule has 0 saturated carbocycles. The van der Waals surface area contributed by atoms with Gasteiger partial charge in [0.15, 0.2) is 0 Å². The van der Waals surface area contributed by atoms with E-state index in [0.717, 1.165) is 0 Å². The predicted molar refractivity (Wildman–Crippen MR) is 97.6 cm³/mol. The van der Waals surface area contributed by atoms with Crippen molar-refractivity contribution in [1.82, 2.24) is 10.6 Å². The zero-order valence-electron chi connectivity index (χ0n) is 14.8. The average molecular weight is 415 g/mol. The molecule has 0 heterocycles. The number of esters is 1. The number of rotatable bonds is 7. The number of hydrogen-bond acceptors (Lipinski definition) is 4. The van der Waals surface area contributed by atoms with Crippen LogP contribution in [0.3, 0.4) is 0 Å². The van der Waals surface area contributed by atoms with Gasteiger partial charge in [-0.05, 0) is 30.7 Å². The Balaban J connectivity index is 2.41. The molecule has 0 bridgehead atoms. The van der Waals surface area contributed by atoms with Crippen molar-refractivity contribution in [2.24, 2.45) is 0 Å². The van der Waals surface area contributed by atoms with Gasteiger partial charge in [-0.3, -0.25) is 10.1 Å². The van der Waals surface area contributed by atoms with Crippen LogP contribution in [-0.4, -0.2) is 30.3 Å². The number of nitrogens with one attached hydrogen (secondary N) is 2. The Kier molecular flexibility index (Phi) is 7.04. The molecule has 0 aromatic heterocycles. The number of carbonyl (C=O) groups is 2. The lowest BCUT2D eigenvalue weighted by molar-refractivity contribution is -0.219. The zero-order valence-corrected chi connectivity index (χ0v) is 15.6. The summed E-state index contributed by atoms with van der Waals surface area (Å²) in [5, 5.41) is 4.08. The van der Waals surface area contributed by atoms with Gasteiger partial charge in [0.1, 0.15) is 0 Å². The maximum Gasteiger partial charge on any atom is 0.436 e. The maximum absolute atomic E-state index is 14.0. The third-order valence-corrected chi connectivity index (χ3v) is 4.21. The second-order valence-electron chi connectivity index (χ2n) is 5.73. The Bertz CT molecular complexity index is 831. The number of halogens is 4. The van der Waals surface area contributed by atoms with Gasteiger partial charge in [-0.25, -0.2) is 4.79 Å². The molecule has 0 spiro atoms. The van der Waals surface area contributed by atoms with Gasteiger partial charge in [0, 0.05) is 17.1 Å². The monoisotopic (exact) mass is 414 g/mol. The summed E-state index contributed by atoms with van der Waals surface area (Å²) < 4.78 is 46.7. The molecule has 0 aliphatic carbocycles. The molecule has 0 fully saturated rings. The molecule has 150 valence electrons. The number of ether oxygens (including phenoxy) is 1.